The summed E-state index contributed by atoms with van der Waals surface area (Å²) in [7, 11) is 0. The van der Waals surface area contributed by atoms with E-state index in [-0.39, 0.29) is 11.9 Å². The minimum Gasteiger partial charge on any atom is -0.481 e. The van der Waals surface area contributed by atoms with Crippen molar-refractivity contribution in [2.45, 2.75) is 38.0 Å². The molecule has 5 nitrogen and oxygen atoms in total. The van der Waals surface area contributed by atoms with Crippen LogP contribution in [-0.2, 0) is 14.3 Å². The fraction of sp³-hybridized carbons (Fsp3) is 0.400. The van der Waals surface area contributed by atoms with Crippen molar-refractivity contribution in [3.05, 3.63) is 54.1 Å². The summed E-state index contributed by atoms with van der Waals surface area (Å²) in [6, 6.07) is 7.44. The van der Waals surface area contributed by atoms with Gasteiger partial charge in [-0.05, 0) is 32.4 Å². The van der Waals surface area contributed by atoms with E-state index in [0.717, 1.165) is 16.8 Å². The van der Waals surface area contributed by atoms with Gasteiger partial charge in [-0.3, -0.25) is 9.59 Å². The van der Waals surface area contributed by atoms with Gasteiger partial charge < -0.3 is 14.7 Å². The van der Waals surface area contributed by atoms with Crippen molar-refractivity contribution in [3.8, 4) is 0 Å². The lowest BCUT2D eigenvalue weighted by molar-refractivity contribution is -0.146. The average Bonchev–Trinajstić information content (AvgIpc) is 3.18. The van der Waals surface area contributed by atoms with Crippen LogP contribution >= 0.6 is 0 Å². The molecule has 2 bridgehead atoms. The number of carboxylic acids is 1. The minimum absolute atomic E-state index is 0.172. The Balaban J connectivity index is 1.84. The fourth-order valence-electron chi connectivity index (χ4n) is 4.53. The molecule has 2 saturated heterocycles. The topological polar surface area (TPSA) is 66.8 Å². The van der Waals surface area contributed by atoms with E-state index in [4.69, 9.17) is 4.74 Å². The summed E-state index contributed by atoms with van der Waals surface area (Å²) in [5, 5.41) is 9.66. The molecule has 0 aromatic heterocycles. The maximum absolute atomic E-state index is 13.3. The summed E-state index contributed by atoms with van der Waals surface area (Å²) in [6.45, 7) is 7.91. The van der Waals surface area contributed by atoms with Crippen LogP contribution in [-0.4, -0.2) is 34.7 Å². The van der Waals surface area contributed by atoms with Gasteiger partial charge in [-0.2, -0.15) is 0 Å². The number of carboxylic acid groups (broad SMARTS) is 1. The second-order valence-corrected chi connectivity index (χ2v) is 7.36. The van der Waals surface area contributed by atoms with Gasteiger partial charge in [0.15, 0.2) is 0 Å². The summed E-state index contributed by atoms with van der Waals surface area (Å²) in [5.41, 5.74) is 1.93. The van der Waals surface area contributed by atoms with Gasteiger partial charge in [0.05, 0.1) is 18.1 Å². The van der Waals surface area contributed by atoms with Crippen molar-refractivity contribution in [2.75, 3.05) is 4.90 Å². The summed E-state index contributed by atoms with van der Waals surface area (Å²) in [6.07, 6.45) is 3.74. The van der Waals surface area contributed by atoms with Crippen LogP contribution in [0, 0.1) is 18.8 Å². The lowest BCUT2D eigenvalue weighted by Crippen LogP contribution is -2.45. The molecular formula is C20H21NO4. The zero-order valence-electron chi connectivity index (χ0n) is 14.3. The SMILES string of the molecule is C=C(C)CC1N(c2ccc(C)cc2)C(=O)C2C(C(=O)O)C3C=CC21O3. The smallest absolute Gasteiger partial charge is 0.310 e. The van der Waals surface area contributed by atoms with Gasteiger partial charge in [0.2, 0.25) is 5.91 Å². The van der Waals surface area contributed by atoms with Gasteiger partial charge in [0, 0.05) is 5.69 Å². The van der Waals surface area contributed by atoms with Gasteiger partial charge in [-0.25, -0.2) is 0 Å². The molecule has 0 radical (unpaired) electrons. The molecule has 2 fully saturated rings. The first kappa shape index (κ1) is 16.1. The average molecular weight is 339 g/mol. The Morgan fingerprint density at radius 3 is 2.64 bits per heavy atom. The number of hydrogen-bond acceptors (Lipinski definition) is 3. The molecule has 130 valence electrons. The highest BCUT2D eigenvalue weighted by atomic mass is 16.5. The van der Waals surface area contributed by atoms with Gasteiger partial charge in [0.1, 0.15) is 11.5 Å². The van der Waals surface area contributed by atoms with Crippen LogP contribution in [0.2, 0.25) is 0 Å². The second-order valence-electron chi connectivity index (χ2n) is 7.36. The molecule has 1 aromatic carbocycles. The molecule has 3 aliphatic rings. The summed E-state index contributed by atoms with van der Waals surface area (Å²) >= 11 is 0. The maximum Gasteiger partial charge on any atom is 0.310 e. The molecule has 1 spiro atoms. The van der Waals surface area contributed by atoms with Crippen molar-refractivity contribution in [1.29, 1.82) is 0 Å². The monoisotopic (exact) mass is 339 g/mol. The lowest BCUT2D eigenvalue weighted by Gasteiger charge is -2.33. The van der Waals surface area contributed by atoms with Gasteiger partial charge >= 0.3 is 5.97 Å². The number of ether oxygens (including phenoxy) is 1. The van der Waals surface area contributed by atoms with Crippen molar-refractivity contribution < 1.29 is 19.4 Å². The van der Waals surface area contributed by atoms with Crippen LogP contribution in [0.5, 0.6) is 0 Å². The number of aliphatic carboxylic acids is 1. The number of amides is 1. The molecular weight excluding hydrogens is 318 g/mol. The quantitative estimate of drug-likeness (QED) is 0.857. The van der Waals surface area contributed by atoms with E-state index in [1.54, 1.807) is 11.0 Å². The van der Waals surface area contributed by atoms with Crippen molar-refractivity contribution in [2.24, 2.45) is 11.8 Å². The highest BCUT2D eigenvalue weighted by molar-refractivity contribution is 6.03. The van der Waals surface area contributed by atoms with Gasteiger partial charge in [0.25, 0.3) is 0 Å². The van der Waals surface area contributed by atoms with Crippen LogP contribution in [0.3, 0.4) is 0 Å². The molecule has 0 aliphatic carbocycles. The predicted molar refractivity (Wildman–Crippen MR) is 93.2 cm³/mol. The molecule has 1 N–H and O–H groups in total. The highest BCUT2D eigenvalue weighted by Gasteiger charge is 2.71. The normalized spacial score (nSPS) is 35.3. The highest BCUT2D eigenvalue weighted by Crippen LogP contribution is 2.56. The van der Waals surface area contributed by atoms with Crippen LogP contribution < -0.4 is 4.90 Å². The lowest BCUT2D eigenvalue weighted by atomic mass is 9.74. The molecule has 3 heterocycles. The van der Waals surface area contributed by atoms with E-state index in [1.807, 2.05) is 44.2 Å². The zero-order chi connectivity index (χ0) is 17.9. The van der Waals surface area contributed by atoms with E-state index >= 15 is 0 Å². The number of anilines is 1. The first-order valence-corrected chi connectivity index (χ1v) is 8.49. The number of benzene rings is 1. The minimum atomic E-state index is -0.977. The van der Waals surface area contributed by atoms with E-state index in [0.29, 0.717) is 6.42 Å². The predicted octanol–water partition coefficient (Wildman–Crippen LogP) is 2.70. The van der Waals surface area contributed by atoms with E-state index < -0.39 is 29.5 Å². The molecule has 25 heavy (non-hydrogen) atoms. The Morgan fingerprint density at radius 1 is 1.36 bits per heavy atom. The zero-order valence-corrected chi connectivity index (χ0v) is 14.3. The molecule has 1 aromatic rings. The van der Waals surface area contributed by atoms with Crippen LogP contribution in [0.15, 0.2) is 48.6 Å². The largest absolute Gasteiger partial charge is 0.481 e. The third-order valence-corrected chi connectivity index (χ3v) is 5.56. The third-order valence-electron chi connectivity index (χ3n) is 5.56. The Bertz CT molecular complexity index is 796. The fourth-order valence-corrected chi connectivity index (χ4v) is 4.53. The number of carbonyl (C=O) groups excluding carboxylic acids is 1. The Labute approximate surface area is 146 Å². The molecule has 5 heteroatoms. The Hall–Kier alpha value is -2.40. The van der Waals surface area contributed by atoms with Crippen LogP contribution in [0.4, 0.5) is 5.69 Å². The first-order valence-electron chi connectivity index (χ1n) is 8.49. The van der Waals surface area contributed by atoms with Gasteiger partial charge in [-0.1, -0.05) is 35.4 Å². The standard InChI is InChI=1S/C20H21NO4/c1-11(2)10-15-20-9-8-14(25-20)16(19(23)24)17(20)18(22)21(15)13-6-4-12(3)5-7-13/h4-9,14-17H,1,10H2,2-3H3,(H,23,24). The number of fused-ring (bicyclic) bond motifs is 1. The Kier molecular flexibility index (Phi) is 3.41. The third kappa shape index (κ3) is 2.12. The second kappa shape index (κ2) is 5.30. The van der Waals surface area contributed by atoms with E-state index in [1.165, 1.54) is 0 Å². The van der Waals surface area contributed by atoms with Crippen molar-refractivity contribution in [3.63, 3.8) is 0 Å². The molecule has 0 saturated carbocycles. The summed E-state index contributed by atoms with van der Waals surface area (Å²) in [4.78, 5) is 26.8. The van der Waals surface area contributed by atoms with E-state index in [9.17, 15) is 14.7 Å². The molecule has 5 unspecified atom stereocenters. The van der Waals surface area contributed by atoms with Crippen molar-refractivity contribution >= 4 is 17.6 Å². The summed E-state index contributed by atoms with van der Waals surface area (Å²) < 4.78 is 6.12. The summed E-state index contributed by atoms with van der Waals surface area (Å²) in [5.74, 6) is -2.67. The number of carbonyl (C=O) groups is 2. The van der Waals surface area contributed by atoms with Gasteiger partial charge in [-0.15, -0.1) is 6.58 Å². The number of hydrogen-bond donors (Lipinski definition) is 1. The van der Waals surface area contributed by atoms with Crippen LogP contribution in [0.1, 0.15) is 18.9 Å². The maximum atomic E-state index is 13.3. The van der Waals surface area contributed by atoms with Crippen molar-refractivity contribution in [1.82, 2.24) is 0 Å². The molecule has 4 rings (SSSR count). The molecule has 5 atom stereocenters. The first-order chi connectivity index (χ1) is 11.8. The number of nitrogens with zero attached hydrogens (tertiary/aromatic N) is 1. The number of rotatable bonds is 4. The van der Waals surface area contributed by atoms with Crippen LogP contribution in [0.25, 0.3) is 0 Å². The molecule has 1 amide bonds. The van der Waals surface area contributed by atoms with E-state index in [2.05, 4.69) is 6.58 Å². The molecule has 3 aliphatic heterocycles. The number of aryl methyl sites for hydroxylation is 1. The Morgan fingerprint density at radius 2 is 2.04 bits per heavy atom.